The van der Waals surface area contributed by atoms with E-state index in [2.05, 4.69) is 72.4 Å². The van der Waals surface area contributed by atoms with Crippen LogP contribution in [-0.4, -0.2) is 66.6 Å². The number of benzene rings is 4. The van der Waals surface area contributed by atoms with E-state index in [0.717, 1.165) is 22.3 Å². The van der Waals surface area contributed by atoms with Crippen molar-refractivity contribution in [2.75, 3.05) is 40.3 Å². The maximum absolute atomic E-state index is 15.3. The Kier molecular flexibility index (Phi) is 7.18. The van der Waals surface area contributed by atoms with Gasteiger partial charge in [-0.2, -0.15) is 0 Å². The SMILES string of the molecule is CN1C[C@@H](c2ccccc2)C(O)([C@]2(c3ccccc3)CN(C)C[C@@H](c3ccccc3)C2=O)[C@H](c2ccccc2)C1. The molecule has 0 aliphatic carbocycles. The fourth-order valence-electron chi connectivity index (χ4n) is 7.60. The average Bonchev–Trinajstić information content (AvgIpc) is 3.01. The highest BCUT2D eigenvalue weighted by atomic mass is 16.3. The third kappa shape index (κ3) is 4.32. The van der Waals surface area contributed by atoms with Gasteiger partial charge in [0.1, 0.15) is 0 Å². The number of Topliss-reactive ketones (excluding diaryl/α,β-unsaturated/α-hetero) is 1. The molecule has 0 bridgehead atoms. The van der Waals surface area contributed by atoms with Crippen LogP contribution >= 0.6 is 0 Å². The van der Waals surface area contributed by atoms with E-state index in [-0.39, 0.29) is 23.5 Å². The molecule has 0 unspecified atom stereocenters. The van der Waals surface area contributed by atoms with Gasteiger partial charge in [-0.15, -0.1) is 0 Å². The molecule has 4 aromatic carbocycles. The first-order valence-electron chi connectivity index (χ1n) is 14.3. The number of nitrogens with zero attached hydrogens (tertiary/aromatic N) is 2. The van der Waals surface area contributed by atoms with Crippen molar-refractivity contribution in [2.24, 2.45) is 0 Å². The number of likely N-dealkylation sites (tertiary alicyclic amines) is 2. The molecule has 0 saturated carbocycles. The first-order valence-corrected chi connectivity index (χ1v) is 14.3. The summed E-state index contributed by atoms with van der Waals surface area (Å²) in [6, 6.07) is 40.9. The van der Waals surface area contributed by atoms with Crippen LogP contribution in [0.1, 0.15) is 40.0 Å². The lowest BCUT2D eigenvalue weighted by Gasteiger charge is -2.61. The molecular formula is C36H38N2O2. The molecule has 2 aliphatic heterocycles. The van der Waals surface area contributed by atoms with E-state index in [0.29, 0.717) is 26.2 Å². The van der Waals surface area contributed by atoms with Crippen molar-refractivity contribution in [3.8, 4) is 0 Å². The summed E-state index contributed by atoms with van der Waals surface area (Å²) in [6.45, 7) is 2.39. The molecule has 2 fully saturated rings. The van der Waals surface area contributed by atoms with Gasteiger partial charge in [0.15, 0.2) is 5.78 Å². The standard InChI is InChI=1S/C36H38N2O2/c1-37-24-32(28-17-9-4-10-18-28)36(40,33(25-37)29-19-11-5-12-20-29)35(30-21-13-6-14-22-30)26-38(2)23-31(34(35)39)27-15-7-3-8-16-27/h3-22,31-33,40H,23-26H2,1-2H3/t31-,32-,33-,35-/m0/s1. The van der Waals surface area contributed by atoms with Crippen molar-refractivity contribution < 1.29 is 9.90 Å². The Morgan fingerprint density at radius 3 is 1.50 bits per heavy atom. The first-order chi connectivity index (χ1) is 19.4. The van der Waals surface area contributed by atoms with Gasteiger partial charge in [0, 0.05) is 38.0 Å². The van der Waals surface area contributed by atoms with Gasteiger partial charge in [-0.1, -0.05) is 121 Å². The Hall–Kier alpha value is -3.57. The third-order valence-electron chi connectivity index (χ3n) is 9.35. The van der Waals surface area contributed by atoms with Gasteiger partial charge < -0.3 is 14.9 Å². The highest BCUT2D eigenvalue weighted by molar-refractivity contribution is 5.98. The Bertz CT molecular complexity index is 1380. The zero-order chi connectivity index (χ0) is 27.7. The minimum Gasteiger partial charge on any atom is -0.387 e. The van der Waals surface area contributed by atoms with Crippen LogP contribution in [0.15, 0.2) is 121 Å². The number of hydrogen-bond donors (Lipinski definition) is 1. The molecule has 2 heterocycles. The molecule has 204 valence electrons. The molecule has 0 amide bonds. The lowest BCUT2D eigenvalue weighted by molar-refractivity contribution is -0.161. The lowest BCUT2D eigenvalue weighted by atomic mass is 9.49. The van der Waals surface area contributed by atoms with Crippen molar-refractivity contribution in [1.82, 2.24) is 9.80 Å². The average molecular weight is 531 g/mol. The molecule has 0 radical (unpaired) electrons. The molecule has 40 heavy (non-hydrogen) atoms. The number of carbonyl (C=O) groups excluding carboxylic acids is 1. The van der Waals surface area contributed by atoms with Crippen molar-refractivity contribution in [3.63, 3.8) is 0 Å². The summed E-state index contributed by atoms with van der Waals surface area (Å²) in [4.78, 5) is 19.9. The summed E-state index contributed by atoms with van der Waals surface area (Å²) < 4.78 is 0. The van der Waals surface area contributed by atoms with Crippen LogP contribution in [0.2, 0.25) is 0 Å². The molecule has 6 rings (SSSR count). The maximum atomic E-state index is 15.3. The Morgan fingerprint density at radius 2 is 1.02 bits per heavy atom. The smallest absolute Gasteiger partial charge is 0.156 e. The summed E-state index contributed by atoms with van der Waals surface area (Å²) in [6.07, 6.45) is 0. The number of likely N-dealkylation sites (N-methyl/N-ethyl adjacent to an activating group) is 2. The van der Waals surface area contributed by atoms with Crippen molar-refractivity contribution in [2.45, 2.75) is 28.8 Å². The Morgan fingerprint density at radius 1 is 0.600 bits per heavy atom. The van der Waals surface area contributed by atoms with Gasteiger partial charge >= 0.3 is 0 Å². The molecule has 0 spiro atoms. The van der Waals surface area contributed by atoms with E-state index in [1.807, 2.05) is 72.8 Å². The second kappa shape index (κ2) is 10.8. The van der Waals surface area contributed by atoms with Gasteiger partial charge in [-0.3, -0.25) is 4.79 Å². The predicted molar refractivity (Wildman–Crippen MR) is 161 cm³/mol. The molecule has 4 nitrogen and oxygen atoms in total. The van der Waals surface area contributed by atoms with Crippen LogP contribution in [-0.2, 0) is 10.2 Å². The van der Waals surface area contributed by atoms with Gasteiger partial charge in [-0.25, -0.2) is 0 Å². The van der Waals surface area contributed by atoms with Gasteiger partial charge in [0.2, 0.25) is 0 Å². The zero-order valence-corrected chi connectivity index (χ0v) is 23.4. The van der Waals surface area contributed by atoms with Crippen molar-refractivity contribution in [1.29, 1.82) is 0 Å². The quantitative estimate of drug-likeness (QED) is 0.372. The first kappa shape index (κ1) is 26.6. The second-order valence-corrected chi connectivity index (χ2v) is 11.8. The van der Waals surface area contributed by atoms with E-state index >= 15 is 4.79 Å². The Balaban J connectivity index is 1.66. The molecule has 4 atom stereocenters. The Labute approximate surface area is 237 Å². The number of carbonyl (C=O) groups is 1. The molecule has 4 aromatic rings. The number of ketones is 1. The number of hydrogen-bond acceptors (Lipinski definition) is 4. The number of aliphatic hydroxyl groups is 1. The van der Waals surface area contributed by atoms with Crippen LogP contribution in [0.5, 0.6) is 0 Å². The topological polar surface area (TPSA) is 43.8 Å². The van der Waals surface area contributed by atoms with Crippen LogP contribution in [0.3, 0.4) is 0 Å². The van der Waals surface area contributed by atoms with Gasteiger partial charge in [0.05, 0.1) is 16.9 Å². The monoisotopic (exact) mass is 530 g/mol. The normalized spacial score (nSPS) is 27.4. The lowest BCUT2D eigenvalue weighted by Crippen LogP contribution is -2.73. The van der Waals surface area contributed by atoms with Gasteiger partial charge in [0.25, 0.3) is 0 Å². The molecule has 2 saturated heterocycles. The van der Waals surface area contributed by atoms with Crippen LogP contribution in [0.4, 0.5) is 0 Å². The highest BCUT2D eigenvalue weighted by Crippen LogP contribution is 2.57. The molecule has 4 heteroatoms. The number of rotatable bonds is 5. The summed E-state index contributed by atoms with van der Waals surface area (Å²) in [5.41, 5.74) is 1.45. The zero-order valence-electron chi connectivity index (χ0n) is 23.4. The minimum absolute atomic E-state index is 0.108. The second-order valence-electron chi connectivity index (χ2n) is 11.8. The summed E-state index contributed by atoms with van der Waals surface area (Å²) >= 11 is 0. The van der Waals surface area contributed by atoms with E-state index in [1.165, 1.54) is 0 Å². The van der Waals surface area contributed by atoms with E-state index < -0.39 is 11.0 Å². The number of piperidine rings is 2. The van der Waals surface area contributed by atoms with E-state index in [4.69, 9.17) is 0 Å². The molecule has 1 N–H and O–H groups in total. The van der Waals surface area contributed by atoms with E-state index in [1.54, 1.807) is 0 Å². The van der Waals surface area contributed by atoms with Crippen LogP contribution in [0, 0.1) is 0 Å². The van der Waals surface area contributed by atoms with Crippen molar-refractivity contribution >= 4 is 5.78 Å². The van der Waals surface area contributed by atoms with Crippen LogP contribution in [0.25, 0.3) is 0 Å². The maximum Gasteiger partial charge on any atom is 0.156 e. The van der Waals surface area contributed by atoms with Crippen LogP contribution < -0.4 is 0 Å². The van der Waals surface area contributed by atoms with Crippen molar-refractivity contribution in [3.05, 3.63) is 144 Å². The summed E-state index contributed by atoms with van der Waals surface area (Å²) in [5.74, 6) is -0.817. The van der Waals surface area contributed by atoms with E-state index in [9.17, 15) is 5.11 Å². The summed E-state index contributed by atoms with van der Waals surface area (Å²) in [7, 11) is 4.22. The molecular weight excluding hydrogens is 492 g/mol. The summed E-state index contributed by atoms with van der Waals surface area (Å²) in [5, 5.41) is 13.8. The molecule has 0 aromatic heterocycles. The van der Waals surface area contributed by atoms with Gasteiger partial charge in [-0.05, 0) is 36.3 Å². The highest BCUT2D eigenvalue weighted by Gasteiger charge is 2.67. The fourth-order valence-corrected chi connectivity index (χ4v) is 7.60. The predicted octanol–water partition coefficient (Wildman–Crippen LogP) is 5.47. The minimum atomic E-state index is -1.40. The third-order valence-corrected chi connectivity index (χ3v) is 9.35. The molecule has 2 aliphatic rings. The largest absolute Gasteiger partial charge is 0.387 e. The fraction of sp³-hybridized carbons (Fsp3) is 0.306.